The van der Waals surface area contributed by atoms with Gasteiger partial charge in [0.1, 0.15) is 0 Å². The first-order valence-corrected chi connectivity index (χ1v) is 6.15. The number of rotatable bonds is 3. The summed E-state index contributed by atoms with van der Waals surface area (Å²) in [5.74, 6) is 0.813. The number of carbonyl (C=O) groups excluding carboxylic acids is 1. The van der Waals surface area contributed by atoms with Crippen molar-refractivity contribution in [2.24, 2.45) is 22.1 Å². The number of allylic oxidation sites excluding steroid dienone is 2. The van der Waals surface area contributed by atoms with Crippen LogP contribution >= 0.6 is 0 Å². The van der Waals surface area contributed by atoms with Gasteiger partial charge in [0.15, 0.2) is 0 Å². The lowest BCUT2D eigenvalue weighted by Crippen LogP contribution is -2.00. The molecule has 0 spiro atoms. The third kappa shape index (κ3) is 2.04. The molecule has 0 aromatic heterocycles. The molecule has 3 rings (SSSR count). The van der Waals surface area contributed by atoms with Crippen molar-refractivity contribution < 1.29 is 9.53 Å². The van der Waals surface area contributed by atoms with Crippen molar-refractivity contribution in [1.29, 1.82) is 0 Å². The normalized spacial score (nSPS) is 37.8. The Morgan fingerprint density at radius 3 is 2.59 bits per heavy atom. The number of carbonyl (C=O) groups is 1. The summed E-state index contributed by atoms with van der Waals surface area (Å²) in [7, 11) is 1.40. The molecular formula is C13H16N2O2. The first-order chi connectivity index (χ1) is 8.28. The number of methoxy groups -OCH3 is 1. The second-order valence-electron chi connectivity index (χ2n) is 4.95. The molecule has 90 valence electrons. The summed E-state index contributed by atoms with van der Waals surface area (Å²) in [6, 6.07) is 0.733. The molecule has 2 aliphatic carbocycles. The molecule has 0 aromatic carbocycles. The molecule has 2 bridgehead atoms. The first-order valence-electron chi connectivity index (χ1n) is 6.15. The first kappa shape index (κ1) is 10.7. The van der Waals surface area contributed by atoms with E-state index in [1.807, 2.05) is 6.08 Å². The highest BCUT2D eigenvalue weighted by atomic mass is 16.5. The lowest BCUT2D eigenvalue weighted by molar-refractivity contribution is -0.134. The van der Waals surface area contributed by atoms with E-state index in [2.05, 4.69) is 21.0 Å². The minimum atomic E-state index is -0.269. The van der Waals surface area contributed by atoms with Crippen LogP contribution in [0, 0.1) is 11.8 Å². The largest absolute Gasteiger partial charge is 0.466 e. The van der Waals surface area contributed by atoms with Gasteiger partial charge < -0.3 is 4.74 Å². The van der Waals surface area contributed by atoms with Crippen LogP contribution < -0.4 is 0 Å². The average molecular weight is 232 g/mol. The number of hydrogen-bond acceptors (Lipinski definition) is 4. The molecule has 0 aromatic rings. The Labute approximate surface area is 100 Å². The SMILES string of the molecule is COC(=O)/C=C/[C@@H]1C[C@@H]1C=C1C2CCC1N=N2. The van der Waals surface area contributed by atoms with Gasteiger partial charge in [-0.25, -0.2) is 4.79 Å². The summed E-state index contributed by atoms with van der Waals surface area (Å²) in [4.78, 5) is 11.0. The molecule has 0 N–H and O–H groups in total. The van der Waals surface area contributed by atoms with Crippen LogP contribution in [0.5, 0.6) is 0 Å². The van der Waals surface area contributed by atoms with Gasteiger partial charge in [0.2, 0.25) is 0 Å². The number of esters is 1. The van der Waals surface area contributed by atoms with Crippen molar-refractivity contribution >= 4 is 5.97 Å². The smallest absolute Gasteiger partial charge is 0.330 e. The van der Waals surface area contributed by atoms with Crippen molar-refractivity contribution in [3.8, 4) is 0 Å². The molecule has 4 nitrogen and oxygen atoms in total. The highest BCUT2D eigenvalue weighted by Gasteiger charge is 2.40. The molecule has 2 fully saturated rings. The fourth-order valence-corrected chi connectivity index (χ4v) is 2.67. The maximum absolute atomic E-state index is 11.0. The van der Waals surface area contributed by atoms with Gasteiger partial charge in [-0.2, -0.15) is 10.2 Å². The van der Waals surface area contributed by atoms with E-state index in [1.54, 1.807) is 0 Å². The molecule has 4 heteroatoms. The zero-order valence-electron chi connectivity index (χ0n) is 9.87. The predicted octanol–water partition coefficient (Wildman–Crippen LogP) is 2.27. The van der Waals surface area contributed by atoms with Gasteiger partial charge in [-0.05, 0) is 36.7 Å². The molecule has 1 heterocycles. The molecule has 0 radical (unpaired) electrons. The molecule has 17 heavy (non-hydrogen) atoms. The summed E-state index contributed by atoms with van der Waals surface area (Å²) in [6.07, 6.45) is 9.29. The Bertz CT molecular complexity index is 409. The Kier molecular flexibility index (Phi) is 2.57. The molecule has 4 atom stereocenters. The van der Waals surface area contributed by atoms with Crippen LogP contribution in [0.4, 0.5) is 0 Å². The summed E-state index contributed by atoms with van der Waals surface area (Å²) >= 11 is 0. The second kappa shape index (κ2) is 4.09. The van der Waals surface area contributed by atoms with Crippen molar-refractivity contribution in [2.45, 2.75) is 31.3 Å². The Balaban J connectivity index is 1.58. The van der Waals surface area contributed by atoms with Crippen LogP contribution in [0.1, 0.15) is 19.3 Å². The van der Waals surface area contributed by atoms with Crippen molar-refractivity contribution in [3.63, 3.8) is 0 Å². The lowest BCUT2D eigenvalue weighted by atomic mass is 10.1. The minimum absolute atomic E-state index is 0.269. The van der Waals surface area contributed by atoms with Gasteiger partial charge in [-0.1, -0.05) is 12.2 Å². The van der Waals surface area contributed by atoms with E-state index >= 15 is 0 Å². The zero-order valence-corrected chi connectivity index (χ0v) is 9.87. The fourth-order valence-electron chi connectivity index (χ4n) is 2.67. The van der Waals surface area contributed by atoms with Gasteiger partial charge in [0.05, 0.1) is 19.2 Å². The average Bonchev–Trinajstić information content (AvgIpc) is 2.86. The zero-order chi connectivity index (χ0) is 11.8. The van der Waals surface area contributed by atoms with E-state index in [1.165, 1.54) is 18.8 Å². The molecule has 0 saturated heterocycles. The standard InChI is InChI=1S/C13H16N2O2/c1-17-13(16)5-2-8-6-9(8)7-10-11-3-4-12(10)15-14-11/h2,5,7-9,11-12H,3-4,6H2,1H3/b5-2+,10-7?/t8-,9-,11?,12?/m1/s1. The van der Waals surface area contributed by atoms with E-state index < -0.39 is 0 Å². The molecule has 2 saturated carbocycles. The molecule has 3 aliphatic rings. The molecule has 0 amide bonds. The van der Waals surface area contributed by atoms with Crippen LogP contribution in [0.2, 0.25) is 0 Å². The number of azo groups is 1. The third-order valence-electron chi connectivity index (χ3n) is 3.81. The predicted molar refractivity (Wildman–Crippen MR) is 62.5 cm³/mol. The van der Waals surface area contributed by atoms with Crippen molar-refractivity contribution in [1.82, 2.24) is 0 Å². The molecular weight excluding hydrogens is 216 g/mol. The number of hydrogen-bond donors (Lipinski definition) is 0. The Morgan fingerprint density at radius 1 is 1.29 bits per heavy atom. The maximum atomic E-state index is 11.0. The van der Waals surface area contributed by atoms with Gasteiger partial charge >= 0.3 is 5.97 Å². The summed E-state index contributed by atoms with van der Waals surface area (Å²) in [5.41, 5.74) is 1.42. The van der Waals surface area contributed by atoms with Gasteiger partial charge in [0.25, 0.3) is 0 Å². The van der Waals surface area contributed by atoms with Crippen LogP contribution in [0.25, 0.3) is 0 Å². The summed E-state index contributed by atoms with van der Waals surface area (Å²) in [5, 5.41) is 8.49. The number of nitrogens with zero attached hydrogens (tertiary/aromatic N) is 2. The Hall–Kier alpha value is -1.45. The van der Waals surface area contributed by atoms with Crippen LogP contribution in [-0.4, -0.2) is 25.2 Å². The van der Waals surface area contributed by atoms with Crippen molar-refractivity contribution in [3.05, 3.63) is 23.8 Å². The number of ether oxygens (including phenoxy) is 1. The lowest BCUT2D eigenvalue weighted by Gasteiger charge is -1.99. The number of fused-ring (bicyclic) bond motifs is 2. The topological polar surface area (TPSA) is 51.0 Å². The van der Waals surface area contributed by atoms with Crippen LogP contribution in [-0.2, 0) is 9.53 Å². The Morgan fingerprint density at radius 2 is 2.00 bits per heavy atom. The van der Waals surface area contributed by atoms with E-state index in [-0.39, 0.29) is 5.97 Å². The van der Waals surface area contributed by atoms with E-state index in [4.69, 9.17) is 0 Å². The third-order valence-corrected chi connectivity index (χ3v) is 3.81. The summed E-state index contributed by atoms with van der Waals surface area (Å²) in [6.45, 7) is 0. The second-order valence-corrected chi connectivity index (χ2v) is 4.95. The quantitative estimate of drug-likeness (QED) is 0.426. The summed E-state index contributed by atoms with van der Waals surface area (Å²) < 4.78 is 4.57. The van der Waals surface area contributed by atoms with Gasteiger partial charge in [-0.15, -0.1) is 0 Å². The van der Waals surface area contributed by atoms with Gasteiger partial charge in [-0.3, -0.25) is 0 Å². The highest BCUT2D eigenvalue weighted by Crippen LogP contribution is 2.45. The fraction of sp³-hybridized carbons (Fsp3) is 0.615. The maximum Gasteiger partial charge on any atom is 0.330 e. The van der Waals surface area contributed by atoms with E-state index in [0.29, 0.717) is 23.9 Å². The molecule has 1 aliphatic heterocycles. The van der Waals surface area contributed by atoms with E-state index in [9.17, 15) is 4.79 Å². The highest BCUT2D eigenvalue weighted by molar-refractivity contribution is 5.81. The minimum Gasteiger partial charge on any atom is -0.466 e. The molecule has 2 unspecified atom stereocenters. The van der Waals surface area contributed by atoms with Crippen LogP contribution in [0.15, 0.2) is 34.0 Å². The van der Waals surface area contributed by atoms with Crippen molar-refractivity contribution in [2.75, 3.05) is 7.11 Å². The van der Waals surface area contributed by atoms with Crippen LogP contribution in [0.3, 0.4) is 0 Å². The van der Waals surface area contributed by atoms with Gasteiger partial charge in [0, 0.05) is 6.08 Å². The van der Waals surface area contributed by atoms with E-state index in [0.717, 1.165) is 19.3 Å². The monoisotopic (exact) mass is 232 g/mol.